The Labute approximate surface area is 138 Å². The summed E-state index contributed by atoms with van der Waals surface area (Å²) in [6, 6.07) is 15.0. The molecule has 0 saturated carbocycles. The first-order valence-corrected chi connectivity index (χ1v) is 8.03. The highest BCUT2D eigenvalue weighted by Gasteiger charge is 2.16. The first-order valence-electron chi connectivity index (χ1n) is 7.22. The SMILES string of the molecule is Cc1ccc(C(=O)NNC(=O)c2sc3ccccc3c2C)cc1. The predicted octanol–water partition coefficient (Wildman–Crippen LogP) is 3.59. The van der Waals surface area contributed by atoms with Crippen LogP contribution in [-0.4, -0.2) is 11.8 Å². The van der Waals surface area contributed by atoms with Gasteiger partial charge in [-0.15, -0.1) is 11.3 Å². The molecular weight excluding hydrogens is 308 g/mol. The Kier molecular flexibility index (Phi) is 4.12. The maximum absolute atomic E-state index is 12.3. The normalized spacial score (nSPS) is 10.5. The highest BCUT2D eigenvalue weighted by Crippen LogP contribution is 2.30. The van der Waals surface area contributed by atoms with E-state index >= 15 is 0 Å². The number of hydrazine groups is 1. The summed E-state index contributed by atoms with van der Waals surface area (Å²) in [5.41, 5.74) is 7.44. The number of rotatable bonds is 2. The standard InChI is InChI=1S/C18H16N2O2S/c1-11-7-9-13(10-8-11)17(21)19-20-18(22)16-12(2)14-5-3-4-6-15(14)23-16/h3-10H,1-2H3,(H,19,21)(H,20,22). The van der Waals surface area contributed by atoms with Crippen molar-refractivity contribution in [3.63, 3.8) is 0 Å². The molecule has 0 aliphatic rings. The van der Waals surface area contributed by atoms with E-state index in [-0.39, 0.29) is 11.8 Å². The molecule has 3 rings (SSSR count). The van der Waals surface area contributed by atoms with Crippen molar-refractivity contribution in [1.29, 1.82) is 0 Å². The average Bonchev–Trinajstić information content (AvgIpc) is 2.90. The average molecular weight is 324 g/mol. The fourth-order valence-electron chi connectivity index (χ4n) is 2.34. The van der Waals surface area contributed by atoms with Crippen molar-refractivity contribution in [2.45, 2.75) is 13.8 Å². The lowest BCUT2D eigenvalue weighted by molar-refractivity contribution is 0.0848. The van der Waals surface area contributed by atoms with E-state index in [1.165, 1.54) is 11.3 Å². The highest BCUT2D eigenvalue weighted by atomic mass is 32.1. The third-order valence-electron chi connectivity index (χ3n) is 3.65. The van der Waals surface area contributed by atoms with Crippen LogP contribution in [0.15, 0.2) is 48.5 Å². The molecule has 0 aliphatic heterocycles. The van der Waals surface area contributed by atoms with Gasteiger partial charge in [-0.3, -0.25) is 20.4 Å². The molecule has 1 aromatic heterocycles. The molecule has 4 nitrogen and oxygen atoms in total. The number of hydrogen-bond donors (Lipinski definition) is 2. The molecule has 2 amide bonds. The van der Waals surface area contributed by atoms with Gasteiger partial charge in [0.1, 0.15) is 0 Å². The van der Waals surface area contributed by atoms with Gasteiger partial charge in [-0.05, 0) is 43.0 Å². The minimum absolute atomic E-state index is 0.302. The Balaban J connectivity index is 1.72. The lowest BCUT2D eigenvalue weighted by atomic mass is 10.1. The monoisotopic (exact) mass is 324 g/mol. The van der Waals surface area contributed by atoms with Crippen LogP contribution in [0, 0.1) is 13.8 Å². The van der Waals surface area contributed by atoms with Crippen molar-refractivity contribution in [3.8, 4) is 0 Å². The number of carbonyl (C=O) groups excluding carboxylic acids is 2. The van der Waals surface area contributed by atoms with Gasteiger partial charge in [0.05, 0.1) is 4.88 Å². The molecule has 0 radical (unpaired) electrons. The van der Waals surface area contributed by atoms with Crippen LogP contribution in [0.25, 0.3) is 10.1 Å². The Hall–Kier alpha value is -2.66. The summed E-state index contributed by atoms with van der Waals surface area (Å²) in [6.45, 7) is 3.86. The second-order valence-corrected chi connectivity index (χ2v) is 6.38. The molecule has 0 spiro atoms. The maximum Gasteiger partial charge on any atom is 0.280 e. The second kappa shape index (κ2) is 6.22. The van der Waals surface area contributed by atoms with Crippen LogP contribution < -0.4 is 10.9 Å². The van der Waals surface area contributed by atoms with E-state index in [0.29, 0.717) is 10.4 Å². The van der Waals surface area contributed by atoms with Crippen molar-refractivity contribution >= 4 is 33.2 Å². The highest BCUT2D eigenvalue weighted by molar-refractivity contribution is 7.21. The molecule has 0 fully saturated rings. The molecule has 0 saturated heterocycles. The van der Waals surface area contributed by atoms with Crippen molar-refractivity contribution in [1.82, 2.24) is 10.9 Å². The summed E-state index contributed by atoms with van der Waals surface area (Å²) in [7, 11) is 0. The molecule has 0 bridgehead atoms. The van der Waals surface area contributed by atoms with Gasteiger partial charge in [-0.2, -0.15) is 0 Å². The quantitative estimate of drug-likeness (QED) is 0.708. The fourth-order valence-corrected chi connectivity index (χ4v) is 3.44. The molecule has 5 heteroatoms. The minimum Gasteiger partial charge on any atom is -0.267 e. The summed E-state index contributed by atoms with van der Waals surface area (Å²) in [5, 5.41) is 1.06. The first-order chi connectivity index (χ1) is 11.1. The number of carbonyl (C=O) groups is 2. The predicted molar refractivity (Wildman–Crippen MR) is 92.7 cm³/mol. The molecule has 23 heavy (non-hydrogen) atoms. The zero-order valence-electron chi connectivity index (χ0n) is 12.8. The molecule has 2 aromatic carbocycles. The van der Waals surface area contributed by atoms with E-state index in [1.54, 1.807) is 12.1 Å². The Morgan fingerprint density at radius 1 is 0.870 bits per heavy atom. The lowest BCUT2D eigenvalue weighted by Gasteiger charge is -2.07. The summed E-state index contributed by atoms with van der Waals surface area (Å²) in [5.74, 6) is -0.638. The summed E-state index contributed by atoms with van der Waals surface area (Å²) >= 11 is 1.42. The molecule has 1 heterocycles. The van der Waals surface area contributed by atoms with Crippen LogP contribution in [0.2, 0.25) is 0 Å². The third kappa shape index (κ3) is 3.10. The number of amides is 2. The number of nitrogens with one attached hydrogen (secondary N) is 2. The third-order valence-corrected chi connectivity index (χ3v) is 4.92. The number of benzene rings is 2. The van der Waals surface area contributed by atoms with Crippen molar-refractivity contribution in [2.75, 3.05) is 0 Å². The van der Waals surface area contributed by atoms with Gasteiger partial charge >= 0.3 is 0 Å². The molecule has 0 unspecified atom stereocenters. The van der Waals surface area contributed by atoms with Crippen molar-refractivity contribution < 1.29 is 9.59 Å². The van der Waals surface area contributed by atoms with Crippen LogP contribution in [-0.2, 0) is 0 Å². The van der Waals surface area contributed by atoms with E-state index in [0.717, 1.165) is 21.2 Å². The second-order valence-electron chi connectivity index (χ2n) is 5.33. The van der Waals surface area contributed by atoms with E-state index < -0.39 is 0 Å². The van der Waals surface area contributed by atoms with Gasteiger partial charge in [0, 0.05) is 10.3 Å². The van der Waals surface area contributed by atoms with E-state index in [4.69, 9.17) is 0 Å². The zero-order chi connectivity index (χ0) is 16.4. The number of fused-ring (bicyclic) bond motifs is 1. The zero-order valence-corrected chi connectivity index (χ0v) is 13.7. The van der Waals surface area contributed by atoms with E-state index in [2.05, 4.69) is 10.9 Å². The fraction of sp³-hybridized carbons (Fsp3) is 0.111. The summed E-state index contributed by atoms with van der Waals surface area (Å²) < 4.78 is 1.06. The van der Waals surface area contributed by atoms with Gasteiger partial charge in [0.15, 0.2) is 0 Å². The molecule has 3 aromatic rings. The van der Waals surface area contributed by atoms with Gasteiger partial charge < -0.3 is 0 Å². The first kappa shape index (κ1) is 15.2. The molecule has 2 N–H and O–H groups in total. The van der Waals surface area contributed by atoms with Crippen molar-refractivity contribution in [3.05, 3.63) is 70.1 Å². The van der Waals surface area contributed by atoms with Crippen LogP contribution >= 0.6 is 11.3 Å². The number of thiophene rings is 1. The van der Waals surface area contributed by atoms with Crippen LogP contribution in [0.5, 0.6) is 0 Å². The molecule has 116 valence electrons. The number of aryl methyl sites for hydroxylation is 2. The van der Waals surface area contributed by atoms with Gasteiger partial charge in [0.25, 0.3) is 11.8 Å². The van der Waals surface area contributed by atoms with Crippen LogP contribution in [0.4, 0.5) is 0 Å². The molecular formula is C18H16N2O2S. The van der Waals surface area contributed by atoms with Gasteiger partial charge in [-0.1, -0.05) is 35.9 Å². The van der Waals surface area contributed by atoms with Crippen LogP contribution in [0.3, 0.4) is 0 Å². The Morgan fingerprint density at radius 2 is 1.52 bits per heavy atom. The Bertz CT molecular complexity index is 882. The Morgan fingerprint density at radius 3 is 2.22 bits per heavy atom. The molecule has 0 aliphatic carbocycles. The lowest BCUT2D eigenvalue weighted by Crippen LogP contribution is -2.41. The smallest absolute Gasteiger partial charge is 0.267 e. The van der Waals surface area contributed by atoms with E-state index in [1.807, 2.05) is 50.2 Å². The summed E-state index contributed by atoms with van der Waals surface area (Å²) in [6.07, 6.45) is 0. The largest absolute Gasteiger partial charge is 0.280 e. The number of hydrogen-bond acceptors (Lipinski definition) is 3. The maximum atomic E-state index is 12.3. The van der Waals surface area contributed by atoms with Crippen LogP contribution in [0.1, 0.15) is 31.2 Å². The van der Waals surface area contributed by atoms with E-state index in [9.17, 15) is 9.59 Å². The minimum atomic E-state index is -0.336. The summed E-state index contributed by atoms with van der Waals surface area (Å²) in [4.78, 5) is 24.9. The van der Waals surface area contributed by atoms with Gasteiger partial charge in [-0.25, -0.2) is 0 Å². The topological polar surface area (TPSA) is 58.2 Å². The van der Waals surface area contributed by atoms with Gasteiger partial charge in [0.2, 0.25) is 0 Å². The van der Waals surface area contributed by atoms with Crippen molar-refractivity contribution in [2.24, 2.45) is 0 Å². The molecule has 0 atom stereocenters.